The number of nitrogens with one attached hydrogen (secondary N) is 2. The molecule has 0 atom stereocenters. The van der Waals surface area contributed by atoms with Crippen LogP contribution in [0.15, 0.2) is 54.7 Å². The zero-order chi connectivity index (χ0) is 13.9. The van der Waals surface area contributed by atoms with Crippen LogP contribution >= 0.6 is 11.6 Å². The molecular formula is C16H14ClN3. The maximum Gasteiger partial charge on any atom is 0.137 e. The Morgan fingerprint density at radius 1 is 1.05 bits per heavy atom. The topological polar surface area (TPSA) is 40.7 Å². The van der Waals surface area contributed by atoms with Crippen LogP contribution < -0.4 is 5.32 Å². The first-order valence-electron chi connectivity index (χ1n) is 6.35. The summed E-state index contributed by atoms with van der Waals surface area (Å²) in [5, 5.41) is 3.82. The van der Waals surface area contributed by atoms with E-state index in [4.69, 9.17) is 11.6 Å². The molecule has 100 valence electrons. The fourth-order valence-electron chi connectivity index (χ4n) is 2.07. The summed E-state index contributed by atoms with van der Waals surface area (Å²) in [6.07, 6.45) is 1.83. The third-order valence-corrected chi connectivity index (χ3v) is 3.39. The number of aromatic nitrogens is 2. The number of nitrogens with zero attached hydrogens (tertiary/aromatic N) is 1. The van der Waals surface area contributed by atoms with E-state index in [9.17, 15) is 0 Å². The summed E-state index contributed by atoms with van der Waals surface area (Å²) >= 11 is 6.01. The van der Waals surface area contributed by atoms with Gasteiger partial charge in [-0.2, -0.15) is 0 Å². The number of hydrogen-bond donors (Lipinski definition) is 2. The fraction of sp³-hybridized carbons (Fsp3) is 0.0625. The Hall–Kier alpha value is -2.26. The molecule has 0 saturated carbocycles. The maximum absolute atomic E-state index is 6.01. The number of hydrogen-bond acceptors (Lipinski definition) is 2. The lowest BCUT2D eigenvalue weighted by atomic mass is 10.2. The number of halogens is 1. The minimum Gasteiger partial charge on any atom is -0.388 e. The first kappa shape index (κ1) is 12.8. The van der Waals surface area contributed by atoms with Crippen LogP contribution in [0, 0.1) is 0 Å². The van der Waals surface area contributed by atoms with Gasteiger partial charge in [0.05, 0.1) is 11.9 Å². The van der Waals surface area contributed by atoms with Crippen LogP contribution in [0.5, 0.6) is 0 Å². The zero-order valence-electron chi connectivity index (χ0n) is 11.0. The van der Waals surface area contributed by atoms with E-state index in [0.717, 1.165) is 33.4 Å². The predicted molar refractivity (Wildman–Crippen MR) is 84.0 cm³/mol. The summed E-state index contributed by atoms with van der Waals surface area (Å²) in [6, 6.07) is 15.8. The third-order valence-electron chi connectivity index (χ3n) is 3.16. The van der Waals surface area contributed by atoms with Crippen molar-refractivity contribution in [2.24, 2.45) is 0 Å². The summed E-state index contributed by atoms with van der Waals surface area (Å²) in [5.74, 6) is 0.850. The van der Waals surface area contributed by atoms with Crippen LogP contribution in [-0.4, -0.2) is 17.0 Å². The van der Waals surface area contributed by atoms with Gasteiger partial charge in [0.15, 0.2) is 0 Å². The third kappa shape index (κ3) is 2.53. The molecule has 0 aliphatic carbocycles. The van der Waals surface area contributed by atoms with Gasteiger partial charge in [-0.15, -0.1) is 0 Å². The molecule has 20 heavy (non-hydrogen) atoms. The summed E-state index contributed by atoms with van der Waals surface area (Å²) < 4.78 is 0. The summed E-state index contributed by atoms with van der Waals surface area (Å²) in [4.78, 5) is 7.75. The molecular weight excluding hydrogens is 270 g/mol. The highest BCUT2D eigenvalue weighted by Crippen LogP contribution is 2.24. The molecule has 0 radical (unpaired) electrons. The molecule has 4 heteroatoms. The van der Waals surface area contributed by atoms with Crippen molar-refractivity contribution in [2.45, 2.75) is 0 Å². The molecule has 0 amide bonds. The van der Waals surface area contributed by atoms with Crippen molar-refractivity contribution in [1.82, 2.24) is 9.97 Å². The van der Waals surface area contributed by atoms with Crippen molar-refractivity contribution >= 4 is 17.3 Å². The number of anilines is 1. The Kier molecular flexibility index (Phi) is 3.44. The lowest BCUT2D eigenvalue weighted by Crippen LogP contribution is -1.87. The highest BCUT2D eigenvalue weighted by atomic mass is 35.5. The Labute approximate surface area is 122 Å². The normalized spacial score (nSPS) is 10.5. The average molecular weight is 284 g/mol. The Morgan fingerprint density at radius 3 is 2.55 bits per heavy atom. The molecule has 2 aromatic carbocycles. The second-order valence-electron chi connectivity index (χ2n) is 4.48. The summed E-state index contributed by atoms with van der Waals surface area (Å²) in [6.45, 7) is 0. The molecule has 0 saturated heterocycles. The zero-order valence-corrected chi connectivity index (χ0v) is 11.8. The van der Waals surface area contributed by atoms with Crippen LogP contribution in [0.3, 0.4) is 0 Å². The number of aromatic amines is 1. The number of rotatable bonds is 3. The van der Waals surface area contributed by atoms with E-state index in [1.807, 2.05) is 61.8 Å². The van der Waals surface area contributed by atoms with Crippen LogP contribution in [0.2, 0.25) is 5.02 Å². The fourth-order valence-corrected chi connectivity index (χ4v) is 2.26. The molecule has 0 bridgehead atoms. The van der Waals surface area contributed by atoms with Gasteiger partial charge < -0.3 is 10.3 Å². The van der Waals surface area contributed by atoms with Crippen LogP contribution in [-0.2, 0) is 0 Å². The molecule has 0 fully saturated rings. The van der Waals surface area contributed by atoms with Crippen LogP contribution in [0.1, 0.15) is 0 Å². The molecule has 0 unspecified atom stereocenters. The molecule has 3 nitrogen and oxygen atoms in total. The van der Waals surface area contributed by atoms with Crippen molar-refractivity contribution < 1.29 is 0 Å². The molecule has 1 heterocycles. The standard InChI is InChI=1S/C16H14ClN3/c1-18-14-7-5-11(6-8-14)16-19-10-15(20-16)12-3-2-4-13(17)9-12/h2-10,18H,1H3,(H,19,20). The predicted octanol–water partition coefficient (Wildman–Crippen LogP) is 4.44. The lowest BCUT2D eigenvalue weighted by Gasteiger charge is -2.01. The highest BCUT2D eigenvalue weighted by molar-refractivity contribution is 6.30. The second-order valence-corrected chi connectivity index (χ2v) is 4.92. The highest BCUT2D eigenvalue weighted by Gasteiger charge is 2.05. The van der Waals surface area contributed by atoms with Gasteiger partial charge >= 0.3 is 0 Å². The largest absolute Gasteiger partial charge is 0.388 e. The van der Waals surface area contributed by atoms with Crippen molar-refractivity contribution in [3.8, 4) is 22.6 Å². The molecule has 0 spiro atoms. The second kappa shape index (κ2) is 5.39. The van der Waals surface area contributed by atoms with E-state index in [0.29, 0.717) is 0 Å². The SMILES string of the molecule is CNc1ccc(-c2ncc(-c3cccc(Cl)c3)[nH]2)cc1. The van der Waals surface area contributed by atoms with Crippen molar-refractivity contribution in [3.05, 3.63) is 59.8 Å². The van der Waals surface area contributed by atoms with Gasteiger partial charge in [-0.05, 0) is 36.4 Å². The van der Waals surface area contributed by atoms with Gasteiger partial charge in [0, 0.05) is 28.9 Å². The van der Waals surface area contributed by atoms with E-state index in [1.165, 1.54) is 0 Å². The van der Waals surface area contributed by atoms with Crippen molar-refractivity contribution in [3.63, 3.8) is 0 Å². The van der Waals surface area contributed by atoms with Crippen molar-refractivity contribution in [1.29, 1.82) is 0 Å². The van der Waals surface area contributed by atoms with Crippen molar-refractivity contribution in [2.75, 3.05) is 12.4 Å². The molecule has 0 aliphatic heterocycles. The minimum atomic E-state index is 0.719. The van der Waals surface area contributed by atoms with Crippen LogP contribution in [0.25, 0.3) is 22.6 Å². The first-order chi connectivity index (χ1) is 9.76. The van der Waals surface area contributed by atoms with E-state index in [-0.39, 0.29) is 0 Å². The molecule has 2 N–H and O–H groups in total. The molecule has 1 aromatic heterocycles. The first-order valence-corrected chi connectivity index (χ1v) is 6.73. The Balaban J connectivity index is 1.93. The maximum atomic E-state index is 6.01. The Bertz CT molecular complexity index is 717. The lowest BCUT2D eigenvalue weighted by molar-refractivity contribution is 1.31. The molecule has 0 aliphatic rings. The van der Waals surface area contributed by atoms with Gasteiger partial charge in [0.1, 0.15) is 5.82 Å². The van der Waals surface area contributed by atoms with E-state index < -0.39 is 0 Å². The van der Waals surface area contributed by atoms with Gasteiger partial charge in [0.25, 0.3) is 0 Å². The Morgan fingerprint density at radius 2 is 1.85 bits per heavy atom. The smallest absolute Gasteiger partial charge is 0.137 e. The monoisotopic (exact) mass is 283 g/mol. The number of imidazole rings is 1. The van der Waals surface area contributed by atoms with E-state index in [2.05, 4.69) is 15.3 Å². The van der Waals surface area contributed by atoms with Crippen LogP contribution in [0.4, 0.5) is 5.69 Å². The minimum absolute atomic E-state index is 0.719. The average Bonchev–Trinajstić information content (AvgIpc) is 2.97. The van der Waals surface area contributed by atoms with Gasteiger partial charge in [-0.3, -0.25) is 0 Å². The number of benzene rings is 2. The quantitative estimate of drug-likeness (QED) is 0.746. The summed E-state index contributed by atoms with van der Waals surface area (Å²) in [7, 11) is 1.90. The number of H-pyrrole nitrogens is 1. The van der Waals surface area contributed by atoms with E-state index in [1.54, 1.807) is 0 Å². The van der Waals surface area contributed by atoms with Gasteiger partial charge in [0.2, 0.25) is 0 Å². The van der Waals surface area contributed by atoms with E-state index >= 15 is 0 Å². The van der Waals surface area contributed by atoms with Gasteiger partial charge in [-0.25, -0.2) is 4.98 Å². The molecule has 3 rings (SSSR count). The molecule has 3 aromatic rings. The van der Waals surface area contributed by atoms with Gasteiger partial charge in [-0.1, -0.05) is 23.7 Å². The summed E-state index contributed by atoms with van der Waals surface area (Å²) in [5.41, 5.74) is 4.12.